The molecule has 1 aliphatic heterocycles. The van der Waals surface area contributed by atoms with Gasteiger partial charge in [-0.15, -0.1) is 0 Å². The predicted octanol–water partition coefficient (Wildman–Crippen LogP) is 4.80. The molecule has 39 heavy (non-hydrogen) atoms. The quantitative estimate of drug-likeness (QED) is 0.344. The maximum Gasteiger partial charge on any atom is 0.318 e. The Hall–Kier alpha value is -4.49. The van der Waals surface area contributed by atoms with E-state index in [2.05, 4.69) is 32.9 Å². The van der Waals surface area contributed by atoms with E-state index in [9.17, 15) is 10.1 Å². The smallest absolute Gasteiger partial charge is 0.318 e. The van der Waals surface area contributed by atoms with E-state index < -0.39 is 11.9 Å². The number of rotatable bonds is 6. The summed E-state index contributed by atoms with van der Waals surface area (Å²) in [6, 6.07) is 12.8. The van der Waals surface area contributed by atoms with E-state index in [1.54, 1.807) is 18.0 Å². The third-order valence-corrected chi connectivity index (χ3v) is 7.12. The van der Waals surface area contributed by atoms with Gasteiger partial charge >= 0.3 is 6.01 Å². The molecule has 198 valence electrons. The van der Waals surface area contributed by atoms with Crippen LogP contribution in [0.2, 0.25) is 5.02 Å². The number of nitrogens with zero attached hydrogens (tertiary/aromatic N) is 6. The van der Waals surface area contributed by atoms with E-state index in [1.165, 1.54) is 13.2 Å². The van der Waals surface area contributed by atoms with Gasteiger partial charge in [0, 0.05) is 37.5 Å². The molecule has 0 radical (unpaired) electrons. The molecule has 11 heteroatoms. The van der Waals surface area contributed by atoms with E-state index in [1.807, 2.05) is 35.2 Å². The minimum atomic E-state index is -0.653. The van der Waals surface area contributed by atoms with Crippen LogP contribution >= 0.6 is 11.6 Å². The van der Waals surface area contributed by atoms with Gasteiger partial charge in [0.1, 0.15) is 17.2 Å². The first kappa shape index (κ1) is 26.1. The SMILES string of the molecule is C=CC(=O)N1CCN(c2nc(OC)nc3c(F)c(-c4nc(NC)cc5ccccc45)c(Cl)cc23)C[C@@H]1CC#N. The van der Waals surface area contributed by atoms with Gasteiger partial charge in [-0.1, -0.05) is 42.4 Å². The fraction of sp³-hybridized carbons (Fsp3) is 0.250. The maximum absolute atomic E-state index is 16.4. The molecule has 1 saturated heterocycles. The number of anilines is 2. The fourth-order valence-electron chi connectivity index (χ4n) is 4.96. The Morgan fingerprint density at radius 2 is 2.08 bits per heavy atom. The molecule has 0 spiro atoms. The minimum absolute atomic E-state index is 0.0205. The third-order valence-electron chi connectivity index (χ3n) is 6.83. The summed E-state index contributed by atoms with van der Waals surface area (Å²) in [5.41, 5.74) is 0.526. The van der Waals surface area contributed by atoms with Gasteiger partial charge in [0.2, 0.25) is 5.91 Å². The number of nitrogens with one attached hydrogen (secondary N) is 1. The van der Waals surface area contributed by atoms with Gasteiger partial charge < -0.3 is 19.9 Å². The summed E-state index contributed by atoms with van der Waals surface area (Å²) < 4.78 is 21.8. The molecule has 1 fully saturated rings. The highest BCUT2D eigenvalue weighted by Crippen LogP contribution is 2.41. The van der Waals surface area contributed by atoms with Crippen molar-refractivity contribution in [2.45, 2.75) is 12.5 Å². The summed E-state index contributed by atoms with van der Waals surface area (Å²) >= 11 is 6.77. The van der Waals surface area contributed by atoms with Crippen molar-refractivity contribution in [3.63, 3.8) is 0 Å². The number of piperazine rings is 1. The number of pyridine rings is 1. The van der Waals surface area contributed by atoms with Gasteiger partial charge in [-0.05, 0) is 23.6 Å². The second-order valence-electron chi connectivity index (χ2n) is 9.00. The molecule has 1 aliphatic rings. The first-order chi connectivity index (χ1) is 18.9. The van der Waals surface area contributed by atoms with Crippen molar-refractivity contribution < 1.29 is 13.9 Å². The molecule has 5 rings (SSSR count). The first-order valence-corrected chi connectivity index (χ1v) is 12.6. The summed E-state index contributed by atoms with van der Waals surface area (Å²) in [7, 11) is 3.15. The van der Waals surface area contributed by atoms with Crippen molar-refractivity contribution in [3.05, 3.63) is 59.9 Å². The van der Waals surface area contributed by atoms with Crippen LogP contribution in [0.1, 0.15) is 6.42 Å². The molecule has 0 aliphatic carbocycles. The van der Waals surface area contributed by atoms with Gasteiger partial charge in [-0.3, -0.25) is 4.79 Å². The van der Waals surface area contributed by atoms with Crippen molar-refractivity contribution in [1.29, 1.82) is 5.26 Å². The second kappa shape index (κ2) is 10.7. The molecule has 2 aromatic carbocycles. The van der Waals surface area contributed by atoms with Gasteiger partial charge in [-0.25, -0.2) is 9.37 Å². The monoisotopic (exact) mass is 545 g/mol. The number of halogens is 2. The molecule has 0 unspecified atom stereocenters. The molecular formula is C28H25ClFN7O2. The molecule has 9 nitrogen and oxygen atoms in total. The second-order valence-corrected chi connectivity index (χ2v) is 9.41. The number of carbonyl (C=O) groups is 1. The summed E-state index contributed by atoms with van der Waals surface area (Å²) in [5, 5.41) is 14.5. The van der Waals surface area contributed by atoms with Crippen LogP contribution in [-0.2, 0) is 4.79 Å². The Labute approximate surface area is 229 Å². The topological polar surface area (TPSA) is 107 Å². The summed E-state index contributed by atoms with van der Waals surface area (Å²) in [6.45, 7) is 4.60. The van der Waals surface area contributed by atoms with Crippen LogP contribution in [-0.4, -0.2) is 65.6 Å². The summed E-state index contributed by atoms with van der Waals surface area (Å²) in [4.78, 5) is 29.4. The van der Waals surface area contributed by atoms with E-state index in [0.29, 0.717) is 42.4 Å². The molecule has 0 saturated carbocycles. The number of methoxy groups -OCH3 is 1. The Kier molecular flexibility index (Phi) is 7.17. The average molecular weight is 546 g/mol. The van der Waals surface area contributed by atoms with Gasteiger partial charge in [0.15, 0.2) is 5.82 Å². The van der Waals surface area contributed by atoms with Gasteiger partial charge in [0.25, 0.3) is 0 Å². The molecule has 4 aromatic rings. The highest BCUT2D eigenvalue weighted by atomic mass is 35.5. The van der Waals surface area contributed by atoms with Crippen molar-refractivity contribution >= 4 is 50.8 Å². The number of amides is 1. The molecule has 1 atom stereocenters. The summed E-state index contributed by atoms with van der Waals surface area (Å²) in [6.07, 6.45) is 1.36. The zero-order valence-electron chi connectivity index (χ0n) is 21.4. The standard InChI is InChI=1S/C28H25ClFN7O2/c1-4-22(38)37-12-11-36(15-17(37)9-10-31)27-19-14-20(29)23(24(30)26(19)34-28(35-27)39-3)25-18-8-6-5-7-16(18)13-21(32-2)33-25/h4-8,13-14,17H,1,9,11-12,15H2,2-3H3,(H,32,33)/t17-/m0/s1. The molecular weight excluding hydrogens is 521 g/mol. The summed E-state index contributed by atoms with van der Waals surface area (Å²) in [5.74, 6) is 0.0667. The lowest BCUT2D eigenvalue weighted by molar-refractivity contribution is -0.128. The number of hydrogen-bond donors (Lipinski definition) is 1. The Morgan fingerprint density at radius 1 is 1.28 bits per heavy atom. The Bertz CT molecular complexity index is 1660. The van der Waals surface area contributed by atoms with Crippen LogP contribution in [0.5, 0.6) is 6.01 Å². The van der Waals surface area contributed by atoms with Crippen molar-refractivity contribution in [1.82, 2.24) is 19.9 Å². The van der Waals surface area contributed by atoms with Crippen LogP contribution in [0.3, 0.4) is 0 Å². The normalized spacial score (nSPS) is 15.3. The lowest BCUT2D eigenvalue weighted by Gasteiger charge is -2.41. The van der Waals surface area contributed by atoms with Crippen LogP contribution < -0.4 is 15.0 Å². The molecule has 0 bridgehead atoms. The van der Waals surface area contributed by atoms with E-state index in [4.69, 9.17) is 16.3 Å². The van der Waals surface area contributed by atoms with E-state index >= 15 is 4.39 Å². The highest BCUT2D eigenvalue weighted by molar-refractivity contribution is 6.34. The number of benzene rings is 2. The first-order valence-electron chi connectivity index (χ1n) is 12.3. The largest absolute Gasteiger partial charge is 0.467 e. The lowest BCUT2D eigenvalue weighted by atomic mass is 10.0. The van der Waals surface area contributed by atoms with Gasteiger partial charge in [0.05, 0.1) is 41.9 Å². The highest BCUT2D eigenvalue weighted by Gasteiger charge is 2.32. The van der Waals surface area contributed by atoms with Crippen LogP contribution in [0.15, 0.2) is 49.1 Å². The van der Waals surface area contributed by atoms with Crippen LogP contribution in [0, 0.1) is 17.1 Å². The van der Waals surface area contributed by atoms with Crippen LogP contribution in [0.4, 0.5) is 16.0 Å². The van der Waals surface area contributed by atoms with Crippen LogP contribution in [0.25, 0.3) is 32.9 Å². The Balaban J connectivity index is 1.69. The van der Waals surface area contributed by atoms with E-state index in [-0.39, 0.29) is 34.4 Å². The molecule has 1 amide bonds. The number of hydrogen-bond acceptors (Lipinski definition) is 8. The zero-order chi connectivity index (χ0) is 27.7. The van der Waals surface area contributed by atoms with E-state index in [0.717, 1.165) is 10.8 Å². The number of ether oxygens (including phenoxy) is 1. The number of carbonyl (C=O) groups excluding carboxylic acids is 1. The average Bonchev–Trinajstić information content (AvgIpc) is 2.96. The third kappa shape index (κ3) is 4.66. The van der Waals surface area contributed by atoms with Gasteiger partial charge in [-0.2, -0.15) is 15.2 Å². The minimum Gasteiger partial charge on any atom is -0.467 e. The zero-order valence-corrected chi connectivity index (χ0v) is 22.2. The Morgan fingerprint density at radius 3 is 2.79 bits per heavy atom. The maximum atomic E-state index is 16.4. The van der Waals surface area contributed by atoms with Crippen molar-refractivity contribution in [3.8, 4) is 23.3 Å². The number of fused-ring (bicyclic) bond motifs is 2. The van der Waals surface area contributed by atoms with Crippen molar-refractivity contribution in [2.24, 2.45) is 0 Å². The molecule has 1 N–H and O–H groups in total. The number of aromatic nitrogens is 3. The fourth-order valence-corrected chi connectivity index (χ4v) is 5.24. The predicted molar refractivity (Wildman–Crippen MR) is 149 cm³/mol. The van der Waals surface area contributed by atoms with Crippen molar-refractivity contribution in [2.75, 3.05) is 44.0 Å². The molecule has 3 heterocycles. The molecule has 2 aromatic heterocycles. The lowest BCUT2D eigenvalue weighted by Crippen LogP contribution is -2.55. The number of nitriles is 1.